The second kappa shape index (κ2) is 19.0. The fourth-order valence-electron chi connectivity index (χ4n) is 6.51. The van der Waals surface area contributed by atoms with E-state index < -0.39 is 17.7 Å². The molecule has 6 rings (SSSR count). The molecule has 0 spiro atoms. The van der Waals surface area contributed by atoms with Gasteiger partial charge in [-0.25, -0.2) is 4.79 Å². The van der Waals surface area contributed by atoms with Crippen LogP contribution >= 0.6 is 22.7 Å². The highest BCUT2D eigenvalue weighted by molar-refractivity contribution is 7.12. The molecule has 3 heterocycles. The van der Waals surface area contributed by atoms with E-state index in [0.717, 1.165) is 50.0 Å². The number of nitrogens with zero attached hydrogens (tertiary/aromatic N) is 1. The van der Waals surface area contributed by atoms with Gasteiger partial charge in [0.2, 0.25) is 11.2 Å². The number of carbonyl (C=O) groups is 2. The summed E-state index contributed by atoms with van der Waals surface area (Å²) < 4.78 is 11.9. The summed E-state index contributed by atoms with van der Waals surface area (Å²) in [4.78, 5) is 39.4. The van der Waals surface area contributed by atoms with Crippen molar-refractivity contribution in [1.29, 1.82) is 0 Å². The Morgan fingerprint density at radius 3 is 2.30 bits per heavy atom. The summed E-state index contributed by atoms with van der Waals surface area (Å²) in [5, 5.41) is 46.9. The van der Waals surface area contributed by atoms with Gasteiger partial charge in [0.05, 0.1) is 21.4 Å². The molecule has 14 heteroatoms. The van der Waals surface area contributed by atoms with Crippen LogP contribution in [0.25, 0.3) is 10.9 Å². The van der Waals surface area contributed by atoms with Gasteiger partial charge in [0.25, 0.3) is 6.47 Å². The molecular formula is C39H45N3O9S2. The lowest BCUT2D eigenvalue weighted by Gasteiger charge is -2.35. The summed E-state index contributed by atoms with van der Waals surface area (Å²) in [5.74, 6) is 0.173. The summed E-state index contributed by atoms with van der Waals surface area (Å²) in [5.41, 5.74) is 0.0131. The Bertz CT molecular complexity index is 1910. The largest absolute Gasteiger partial charge is 0.506 e. The Kier molecular flexibility index (Phi) is 14.2. The molecule has 1 fully saturated rings. The first-order valence-electron chi connectivity index (χ1n) is 17.4. The molecule has 5 aromatic rings. The number of aromatic hydroxyl groups is 1. The number of ether oxygens (including phenoxy) is 2. The van der Waals surface area contributed by atoms with Crippen LogP contribution in [0.5, 0.6) is 11.5 Å². The van der Waals surface area contributed by atoms with Gasteiger partial charge in [-0.05, 0) is 104 Å². The van der Waals surface area contributed by atoms with Crippen LogP contribution < -0.4 is 15.6 Å². The second-order valence-corrected chi connectivity index (χ2v) is 14.7. The van der Waals surface area contributed by atoms with Gasteiger partial charge >= 0.3 is 5.97 Å². The normalized spacial score (nSPS) is 16.5. The number of thiophene rings is 2. The molecule has 1 aliphatic carbocycles. The van der Waals surface area contributed by atoms with Crippen molar-refractivity contribution in [3.8, 4) is 11.5 Å². The minimum atomic E-state index is -1.78. The van der Waals surface area contributed by atoms with Crippen LogP contribution in [-0.4, -0.2) is 88.2 Å². The smallest absolute Gasteiger partial charge is 0.349 e. The zero-order valence-corrected chi connectivity index (χ0v) is 31.0. The Morgan fingerprint density at radius 2 is 1.68 bits per heavy atom. The Hall–Kier alpha value is -4.57. The molecule has 53 heavy (non-hydrogen) atoms. The maximum absolute atomic E-state index is 13.3. The molecule has 6 N–H and O–H groups in total. The van der Waals surface area contributed by atoms with Crippen molar-refractivity contribution in [2.45, 2.75) is 56.0 Å². The number of aromatic amines is 1. The first-order chi connectivity index (χ1) is 25.6. The minimum absolute atomic E-state index is 0.0312. The molecule has 1 saturated carbocycles. The van der Waals surface area contributed by atoms with E-state index in [2.05, 4.69) is 22.2 Å². The first-order valence-corrected chi connectivity index (χ1v) is 19.1. The molecule has 0 amide bonds. The van der Waals surface area contributed by atoms with Crippen molar-refractivity contribution >= 4 is 46.0 Å². The van der Waals surface area contributed by atoms with Gasteiger partial charge in [0.15, 0.2) is 0 Å². The van der Waals surface area contributed by atoms with Crippen LogP contribution in [0.4, 0.5) is 0 Å². The molecule has 282 valence electrons. The van der Waals surface area contributed by atoms with Gasteiger partial charge in [-0.1, -0.05) is 30.3 Å². The van der Waals surface area contributed by atoms with Crippen molar-refractivity contribution in [3.05, 3.63) is 115 Å². The van der Waals surface area contributed by atoms with E-state index in [9.17, 15) is 24.9 Å². The maximum Gasteiger partial charge on any atom is 0.349 e. The van der Waals surface area contributed by atoms with Crippen LogP contribution in [0, 0.1) is 0 Å². The van der Waals surface area contributed by atoms with Gasteiger partial charge in [-0.15, -0.1) is 22.7 Å². The lowest BCUT2D eigenvalue weighted by molar-refractivity contribution is -0.169. The number of phenols is 1. The standard InChI is InChI=1S/C38H43N3O7S2.CH2O2/c1-41(26-8-12-28(13-9-26)48-37(45)38(46,33-4-2-22-49-33)34-5-3-23-50-34)20-21-47-27-10-6-25(7-11-27)18-19-39-24-32(43)29-14-16-31(42)36-30(29)15-17-35(44)40-36;2-1-3/h2-7,10-11,14-17,22-23,26,28,32,39,42-43,46H,8-9,12-13,18-21,24H2,1H3,(H,40,44);1H,(H,2,3)/t26?,28?,32-;/m0./s1. The second-order valence-electron chi connectivity index (χ2n) is 12.8. The van der Waals surface area contributed by atoms with Crippen molar-refractivity contribution in [3.63, 3.8) is 0 Å². The van der Waals surface area contributed by atoms with Crippen molar-refractivity contribution in [1.82, 2.24) is 15.2 Å². The predicted molar refractivity (Wildman–Crippen MR) is 205 cm³/mol. The van der Waals surface area contributed by atoms with Crippen LogP contribution in [-0.2, 0) is 26.3 Å². The summed E-state index contributed by atoms with van der Waals surface area (Å²) in [7, 11) is 2.10. The Labute approximate surface area is 315 Å². The Morgan fingerprint density at radius 1 is 1.02 bits per heavy atom. The van der Waals surface area contributed by atoms with E-state index in [0.29, 0.717) is 52.0 Å². The predicted octanol–water partition coefficient (Wildman–Crippen LogP) is 5.02. The number of aliphatic hydroxyl groups excluding tert-OH is 1. The number of carbonyl (C=O) groups excluding carboxylic acids is 1. The van der Waals surface area contributed by atoms with Gasteiger partial charge in [0, 0.05) is 30.6 Å². The molecule has 3 aromatic heterocycles. The van der Waals surface area contributed by atoms with Crippen molar-refractivity contribution < 1.29 is 39.5 Å². The lowest BCUT2D eigenvalue weighted by Crippen LogP contribution is -2.42. The number of H-pyrrole nitrogens is 1. The molecule has 0 aliphatic heterocycles. The molecular weight excluding hydrogens is 719 g/mol. The van der Waals surface area contributed by atoms with E-state index in [1.807, 2.05) is 47.2 Å². The lowest BCUT2D eigenvalue weighted by atomic mass is 9.91. The molecule has 0 saturated heterocycles. The monoisotopic (exact) mass is 763 g/mol. The number of aliphatic hydroxyl groups is 2. The third-order valence-corrected chi connectivity index (χ3v) is 11.4. The first kappa shape index (κ1) is 39.6. The summed E-state index contributed by atoms with van der Waals surface area (Å²) in [6.07, 6.45) is 3.05. The number of pyridine rings is 1. The zero-order valence-electron chi connectivity index (χ0n) is 29.4. The highest BCUT2D eigenvalue weighted by atomic mass is 32.1. The summed E-state index contributed by atoms with van der Waals surface area (Å²) in [6, 6.07) is 21.8. The van der Waals surface area contributed by atoms with Crippen LogP contribution in [0.3, 0.4) is 0 Å². The average molecular weight is 764 g/mol. The number of benzene rings is 2. The number of fused-ring (bicyclic) bond motifs is 1. The third kappa shape index (κ3) is 10.1. The van der Waals surface area contributed by atoms with E-state index in [1.165, 1.54) is 34.8 Å². The highest BCUT2D eigenvalue weighted by Crippen LogP contribution is 2.38. The number of hydrogen-bond donors (Lipinski definition) is 6. The maximum atomic E-state index is 13.3. The van der Waals surface area contributed by atoms with Crippen molar-refractivity contribution in [2.24, 2.45) is 0 Å². The fourth-order valence-corrected chi connectivity index (χ4v) is 8.22. The van der Waals surface area contributed by atoms with Gasteiger partial charge in [-0.2, -0.15) is 0 Å². The minimum Gasteiger partial charge on any atom is -0.506 e. The molecule has 0 bridgehead atoms. The van der Waals surface area contributed by atoms with E-state index in [-0.39, 0.29) is 23.9 Å². The summed E-state index contributed by atoms with van der Waals surface area (Å²) in [6.45, 7) is 2.07. The van der Waals surface area contributed by atoms with E-state index >= 15 is 0 Å². The topological polar surface area (TPSA) is 182 Å². The molecule has 0 unspecified atom stereocenters. The summed E-state index contributed by atoms with van der Waals surface area (Å²) >= 11 is 2.70. The number of nitrogens with one attached hydrogen (secondary N) is 2. The molecule has 2 aromatic carbocycles. The quantitative estimate of drug-likeness (QED) is 0.0479. The van der Waals surface area contributed by atoms with Gasteiger partial charge in [0.1, 0.15) is 24.2 Å². The molecule has 1 aliphatic rings. The average Bonchev–Trinajstić information content (AvgIpc) is 3.91. The van der Waals surface area contributed by atoms with E-state index in [1.54, 1.807) is 24.3 Å². The number of hydrogen-bond acceptors (Lipinski definition) is 12. The van der Waals surface area contributed by atoms with Crippen LogP contribution in [0.15, 0.2) is 88.4 Å². The van der Waals surface area contributed by atoms with Crippen molar-refractivity contribution in [2.75, 3.05) is 33.3 Å². The number of rotatable bonds is 15. The van der Waals surface area contributed by atoms with Crippen LogP contribution in [0.1, 0.15) is 52.7 Å². The molecule has 0 radical (unpaired) electrons. The number of aromatic nitrogens is 1. The Balaban J connectivity index is 0.00000175. The van der Waals surface area contributed by atoms with Gasteiger partial charge in [-0.3, -0.25) is 9.59 Å². The zero-order chi connectivity index (χ0) is 37.8. The SMILES string of the molecule is CN(CCOc1ccc(CCNC[C@H](O)c2ccc(O)c3[nH]c(=O)ccc23)cc1)C1CCC(OC(=O)C(O)(c2cccs2)c2cccs2)CC1.O=CO. The molecule has 12 nitrogen and oxygen atoms in total. The van der Waals surface area contributed by atoms with Gasteiger partial charge < -0.3 is 45.1 Å². The number of likely N-dealkylation sites (N-methyl/N-ethyl adjacent to an activating group) is 1. The van der Waals surface area contributed by atoms with Crippen LogP contribution in [0.2, 0.25) is 0 Å². The highest BCUT2D eigenvalue weighted by Gasteiger charge is 2.45. The molecule has 1 atom stereocenters. The number of carboxylic acid groups (broad SMARTS) is 1. The number of esters is 1. The fraction of sp³-hybridized carbons (Fsp3) is 0.359. The van der Waals surface area contributed by atoms with E-state index in [4.69, 9.17) is 19.4 Å². The third-order valence-electron chi connectivity index (χ3n) is 9.42. The number of phenolic OH excluding ortho intramolecular Hbond substituents is 1.